The van der Waals surface area contributed by atoms with Crippen LogP contribution in [0, 0.1) is 17.6 Å². The average Bonchev–Trinajstić information content (AvgIpc) is 3.06. The molecule has 1 aliphatic carbocycles. The summed E-state index contributed by atoms with van der Waals surface area (Å²) in [5.74, 6) is -1.28. The Bertz CT molecular complexity index is 754. The predicted octanol–water partition coefficient (Wildman–Crippen LogP) is 3.50. The highest BCUT2D eigenvalue weighted by Gasteiger charge is 2.36. The number of nitrogens with zero attached hydrogens (tertiary/aromatic N) is 2. The Morgan fingerprint density at radius 2 is 2.17 bits per heavy atom. The topological polar surface area (TPSA) is 42.4 Å². The highest BCUT2D eigenvalue weighted by molar-refractivity contribution is 7.22. The van der Waals surface area contributed by atoms with E-state index in [0.29, 0.717) is 23.0 Å². The molecule has 1 saturated heterocycles. The molecule has 0 spiro atoms. The molecule has 1 atom stereocenters. The normalized spacial score (nSPS) is 21.0. The molecule has 2 aromatic rings. The zero-order valence-electron chi connectivity index (χ0n) is 12.4. The van der Waals surface area contributed by atoms with E-state index in [-0.39, 0.29) is 23.4 Å². The fraction of sp³-hybridized carbons (Fsp3) is 0.500. The van der Waals surface area contributed by atoms with Crippen LogP contribution >= 0.6 is 11.3 Å². The first-order chi connectivity index (χ1) is 11.1. The fourth-order valence-corrected chi connectivity index (χ4v) is 3.89. The second kappa shape index (κ2) is 5.79. The van der Waals surface area contributed by atoms with Crippen molar-refractivity contribution in [2.75, 3.05) is 18.1 Å². The third-order valence-corrected chi connectivity index (χ3v) is 5.26. The predicted molar refractivity (Wildman–Crippen MR) is 83.6 cm³/mol. The zero-order chi connectivity index (χ0) is 16.0. The van der Waals surface area contributed by atoms with Crippen LogP contribution in [0.15, 0.2) is 12.1 Å². The quantitative estimate of drug-likeness (QED) is 0.857. The van der Waals surface area contributed by atoms with E-state index in [1.165, 1.54) is 6.07 Å². The van der Waals surface area contributed by atoms with Crippen LogP contribution in [0.5, 0.6) is 0 Å². The number of hydrogen-bond acceptors (Lipinski definition) is 4. The Hall–Kier alpha value is -1.60. The molecule has 23 heavy (non-hydrogen) atoms. The number of aromatic nitrogens is 1. The first-order valence-electron chi connectivity index (χ1n) is 7.80. The second-order valence-corrected chi connectivity index (χ2v) is 7.10. The van der Waals surface area contributed by atoms with E-state index in [1.807, 2.05) is 0 Å². The molecule has 122 valence electrons. The lowest BCUT2D eigenvalue weighted by Crippen LogP contribution is -2.38. The minimum Gasteiger partial charge on any atom is -0.376 e. The summed E-state index contributed by atoms with van der Waals surface area (Å²) in [5, 5.41) is 0.428. The molecule has 0 radical (unpaired) electrons. The fourth-order valence-electron chi connectivity index (χ4n) is 2.87. The molecule has 1 unspecified atom stereocenters. The van der Waals surface area contributed by atoms with Crippen molar-refractivity contribution in [2.45, 2.75) is 31.8 Å². The Kier molecular flexibility index (Phi) is 3.77. The van der Waals surface area contributed by atoms with Crippen LogP contribution in [0.25, 0.3) is 10.2 Å². The van der Waals surface area contributed by atoms with E-state index < -0.39 is 11.6 Å². The molecular formula is C16H16F2N2O2S. The van der Waals surface area contributed by atoms with Crippen molar-refractivity contribution in [3.8, 4) is 0 Å². The van der Waals surface area contributed by atoms with Crippen molar-refractivity contribution < 1.29 is 18.3 Å². The zero-order valence-corrected chi connectivity index (χ0v) is 13.2. The molecule has 2 aliphatic rings. The standard InChI is InChI=1S/C16H16F2N2O2S/c17-10-6-12(18)14-13(7-10)23-16(19-14)20(15(21)9-3-4-9)8-11-2-1-5-22-11/h6-7,9,11H,1-5,8H2. The first-order valence-corrected chi connectivity index (χ1v) is 8.62. The summed E-state index contributed by atoms with van der Waals surface area (Å²) in [5.41, 5.74) is 0.118. The van der Waals surface area contributed by atoms with Crippen molar-refractivity contribution in [3.63, 3.8) is 0 Å². The number of halogens is 2. The molecule has 4 nitrogen and oxygen atoms in total. The second-order valence-electron chi connectivity index (χ2n) is 6.09. The number of thiazole rings is 1. The van der Waals surface area contributed by atoms with Crippen LogP contribution in [0.1, 0.15) is 25.7 Å². The van der Waals surface area contributed by atoms with Gasteiger partial charge in [-0.25, -0.2) is 13.8 Å². The number of fused-ring (bicyclic) bond motifs is 1. The van der Waals surface area contributed by atoms with E-state index in [4.69, 9.17) is 4.74 Å². The van der Waals surface area contributed by atoms with Crippen molar-refractivity contribution in [3.05, 3.63) is 23.8 Å². The lowest BCUT2D eigenvalue weighted by molar-refractivity contribution is -0.120. The highest BCUT2D eigenvalue weighted by atomic mass is 32.1. The van der Waals surface area contributed by atoms with Crippen molar-refractivity contribution >= 4 is 32.6 Å². The molecule has 0 bridgehead atoms. The van der Waals surface area contributed by atoms with Gasteiger partial charge in [-0.15, -0.1) is 0 Å². The largest absolute Gasteiger partial charge is 0.376 e. The first kappa shape index (κ1) is 15.0. The Balaban J connectivity index is 1.69. The van der Waals surface area contributed by atoms with Gasteiger partial charge in [0.25, 0.3) is 0 Å². The molecule has 1 aromatic heterocycles. The summed E-state index contributed by atoms with van der Waals surface area (Å²) < 4.78 is 33.3. The molecular weight excluding hydrogens is 322 g/mol. The van der Waals surface area contributed by atoms with Crippen LogP contribution < -0.4 is 4.90 Å². The number of ether oxygens (including phenoxy) is 1. The maximum atomic E-state index is 13.9. The van der Waals surface area contributed by atoms with Gasteiger partial charge in [-0.3, -0.25) is 9.69 Å². The molecule has 2 fully saturated rings. The number of rotatable bonds is 4. The smallest absolute Gasteiger partial charge is 0.231 e. The van der Waals surface area contributed by atoms with E-state index in [2.05, 4.69) is 4.98 Å². The number of benzene rings is 1. The van der Waals surface area contributed by atoms with Crippen LogP contribution in [-0.2, 0) is 9.53 Å². The Morgan fingerprint density at radius 3 is 2.87 bits per heavy atom. The summed E-state index contributed by atoms with van der Waals surface area (Å²) in [7, 11) is 0. The lowest BCUT2D eigenvalue weighted by atomic mass is 10.2. The van der Waals surface area contributed by atoms with Gasteiger partial charge in [0, 0.05) is 18.6 Å². The van der Waals surface area contributed by atoms with Gasteiger partial charge in [0.1, 0.15) is 11.3 Å². The van der Waals surface area contributed by atoms with E-state index in [1.54, 1.807) is 4.90 Å². The van der Waals surface area contributed by atoms with Gasteiger partial charge in [0.05, 0.1) is 17.3 Å². The molecule has 1 amide bonds. The molecule has 2 heterocycles. The lowest BCUT2D eigenvalue weighted by Gasteiger charge is -2.22. The molecule has 0 N–H and O–H groups in total. The molecule has 1 aromatic carbocycles. The average molecular weight is 338 g/mol. The Labute approximate surface area is 136 Å². The van der Waals surface area contributed by atoms with Crippen LogP contribution in [0.3, 0.4) is 0 Å². The Morgan fingerprint density at radius 1 is 1.35 bits per heavy atom. The van der Waals surface area contributed by atoms with Gasteiger partial charge in [0.15, 0.2) is 10.9 Å². The molecule has 4 rings (SSSR count). The number of carbonyl (C=O) groups is 1. The third-order valence-electron chi connectivity index (χ3n) is 4.24. The summed E-state index contributed by atoms with van der Waals surface area (Å²) >= 11 is 1.15. The van der Waals surface area contributed by atoms with Crippen molar-refractivity contribution in [1.82, 2.24) is 4.98 Å². The van der Waals surface area contributed by atoms with Gasteiger partial charge in [0.2, 0.25) is 5.91 Å². The minimum absolute atomic E-state index is 0.00806. The number of amides is 1. The summed E-state index contributed by atoms with van der Waals surface area (Å²) in [6, 6.07) is 2.07. The van der Waals surface area contributed by atoms with E-state index in [0.717, 1.165) is 43.1 Å². The third kappa shape index (κ3) is 2.95. The van der Waals surface area contributed by atoms with E-state index in [9.17, 15) is 13.6 Å². The van der Waals surface area contributed by atoms with Crippen LogP contribution in [-0.4, -0.2) is 30.1 Å². The maximum Gasteiger partial charge on any atom is 0.231 e. The van der Waals surface area contributed by atoms with Crippen molar-refractivity contribution in [1.29, 1.82) is 0 Å². The van der Waals surface area contributed by atoms with Gasteiger partial charge in [-0.2, -0.15) is 0 Å². The SMILES string of the molecule is O=C(C1CC1)N(CC1CCCO1)c1nc2c(F)cc(F)cc2s1. The number of hydrogen-bond donors (Lipinski definition) is 0. The molecule has 7 heteroatoms. The summed E-state index contributed by atoms with van der Waals surface area (Å²) in [4.78, 5) is 18.5. The van der Waals surface area contributed by atoms with Crippen LogP contribution in [0.4, 0.5) is 13.9 Å². The number of anilines is 1. The van der Waals surface area contributed by atoms with Crippen molar-refractivity contribution in [2.24, 2.45) is 5.92 Å². The molecule has 1 aliphatic heterocycles. The monoisotopic (exact) mass is 338 g/mol. The van der Waals surface area contributed by atoms with Gasteiger partial charge >= 0.3 is 0 Å². The van der Waals surface area contributed by atoms with Gasteiger partial charge in [-0.05, 0) is 31.7 Å². The van der Waals surface area contributed by atoms with E-state index >= 15 is 0 Å². The number of carbonyl (C=O) groups excluding carboxylic acids is 1. The summed E-state index contributed by atoms with van der Waals surface area (Å²) in [6.07, 6.45) is 3.65. The maximum absolute atomic E-state index is 13.9. The van der Waals surface area contributed by atoms with Gasteiger partial charge < -0.3 is 4.74 Å². The summed E-state index contributed by atoms with van der Waals surface area (Å²) in [6.45, 7) is 1.13. The highest BCUT2D eigenvalue weighted by Crippen LogP contribution is 2.37. The minimum atomic E-state index is -0.696. The van der Waals surface area contributed by atoms with Gasteiger partial charge in [-0.1, -0.05) is 11.3 Å². The molecule has 1 saturated carbocycles. The van der Waals surface area contributed by atoms with Crippen LogP contribution in [0.2, 0.25) is 0 Å².